The summed E-state index contributed by atoms with van der Waals surface area (Å²) < 4.78 is 10.3. The second-order valence-corrected chi connectivity index (χ2v) is 7.69. The highest BCUT2D eigenvalue weighted by atomic mass is 16.5. The minimum Gasteiger partial charge on any atom is -0.465 e. The molecule has 1 amide bonds. The number of rotatable bonds is 6. The van der Waals surface area contributed by atoms with Gasteiger partial charge in [-0.25, -0.2) is 4.79 Å². The van der Waals surface area contributed by atoms with E-state index in [2.05, 4.69) is 26.1 Å². The molecular formula is C21H28N2O4. The minimum absolute atomic E-state index is 0.0637. The lowest BCUT2D eigenvalue weighted by atomic mass is 9.86. The average molecular weight is 372 g/mol. The van der Waals surface area contributed by atoms with Crippen molar-refractivity contribution in [2.75, 3.05) is 26.0 Å². The van der Waals surface area contributed by atoms with Gasteiger partial charge in [0, 0.05) is 5.69 Å². The Morgan fingerprint density at radius 2 is 1.89 bits per heavy atom. The van der Waals surface area contributed by atoms with Crippen LogP contribution in [0.5, 0.6) is 0 Å². The lowest BCUT2D eigenvalue weighted by Gasteiger charge is -2.23. The molecule has 0 aliphatic rings. The van der Waals surface area contributed by atoms with E-state index in [0.717, 1.165) is 11.3 Å². The second-order valence-electron chi connectivity index (χ2n) is 7.69. The molecule has 1 aromatic carbocycles. The third kappa shape index (κ3) is 5.44. The molecule has 2 rings (SSSR count). The molecule has 1 N–H and O–H groups in total. The Morgan fingerprint density at radius 1 is 1.22 bits per heavy atom. The highest BCUT2D eigenvalue weighted by Gasteiger charge is 2.20. The van der Waals surface area contributed by atoms with Gasteiger partial charge in [-0.1, -0.05) is 39.0 Å². The van der Waals surface area contributed by atoms with Gasteiger partial charge in [0.2, 0.25) is 5.91 Å². The predicted molar refractivity (Wildman–Crippen MR) is 105 cm³/mol. The number of para-hydroxylation sites is 1. The molecule has 6 nitrogen and oxygen atoms in total. The van der Waals surface area contributed by atoms with Crippen molar-refractivity contribution >= 4 is 17.6 Å². The van der Waals surface area contributed by atoms with E-state index in [-0.39, 0.29) is 17.9 Å². The Balaban J connectivity index is 2.00. The van der Waals surface area contributed by atoms with Gasteiger partial charge in [-0.3, -0.25) is 9.69 Å². The molecule has 0 aliphatic carbocycles. The number of methoxy groups -OCH3 is 1. The van der Waals surface area contributed by atoms with Gasteiger partial charge in [-0.15, -0.1) is 0 Å². The summed E-state index contributed by atoms with van der Waals surface area (Å²) in [6.45, 7) is 8.66. The molecule has 0 fully saturated rings. The lowest BCUT2D eigenvalue weighted by molar-refractivity contribution is -0.117. The van der Waals surface area contributed by atoms with Crippen LogP contribution in [0.3, 0.4) is 0 Å². The number of carbonyl (C=O) groups is 2. The summed E-state index contributed by atoms with van der Waals surface area (Å²) in [5.41, 5.74) is 2.26. The number of esters is 1. The van der Waals surface area contributed by atoms with Crippen molar-refractivity contribution in [3.63, 3.8) is 0 Å². The molecule has 0 spiro atoms. The van der Waals surface area contributed by atoms with Gasteiger partial charge in [0.05, 0.1) is 20.2 Å². The Morgan fingerprint density at radius 3 is 2.52 bits per heavy atom. The number of nitrogens with one attached hydrogen (secondary N) is 1. The average Bonchev–Trinajstić information content (AvgIpc) is 2.93. The fraction of sp³-hybridized carbons (Fsp3) is 0.429. The summed E-state index contributed by atoms with van der Waals surface area (Å²) in [7, 11) is 3.16. The fourth-order valence-electron chi connectivity index (χ4n) is 2.94. The maximum atomic E-state index is 12.5. The highest BCUT2D eigenvalue weighted by molar-refractivity contribution is 5.93. The molecule has 0 bridgehead atoms. The maximum Gasteiger partial charge on any atom is 0.341 e. The molecule has 1 heterocycles. The van der Waals surface area contributed by atoms with Crippen LogP contribution >= 0.6 is 0 Å². The first-order valence-corrected chi connectivity index (χ1v) is 8.87. The van der Waals surface area contributed by atoms with Gasteiger partial charge in [0.25, 0.3) is 0 Å². The molecular weight excluding hydrogens is 344 g/mol. The van der Waals surface area contributed by atoms with Crippen LogP contribution < -0.4 is 5.32 Å². The number of hydrogen-bond donors (Lipinski definition) is 1. The predicted octanol–water partition coefficient (Wildman–Crippen LogP) is 3.74. The number of aryl methyl sites for hydroxylation is 1. The van der Waals surface area contributed by atoms with E-state index < -0.39 is 5.97 Å². The molecule has 146 valence electrons. The Hall–Kier alpha value is -2.60. The Labute approximate surface area is 160 Å². The van der Waals surface area contributed by atoms with Crippen molar-refractivity contribution in [2.24, 2.45) is 0 Å². The molecule has 0 atom stereocenters. The van der Waals surface area contributed by atoms with Crippen LogP contribution in [-0.4, -0.2) is 37.5 Å². The largest absolute Gasteiger partial charge is 0.465 e. The molecule has 1 aromatic heterocycles. The molecule has 6 heteroatoms. The molecule has 0 saturated heterocycles. The van der Waals surface area contributed by atoms with Crippen LogP contribution in [0.25, 0.3) is 0 Å². The van der Waals surface area contributed by atoms with Gasteiger partial charge in [-0.05, 0) is 37.1 Å². The topological polar surface area (TPSA) is 71.8 Å². The van der Waals surface area contributed by atoms with Crippen molar-refractivity contribution < 1.29 is 18.7 Å². The molecule has 0 radical (unpaired) electrons. The van der Waals surface area contributed by atoms with Crippen LogP contribution in [0, 0.1) is 6.92 Å². The van der Waals surface area contributed by atoms with E-state index in [1.54, 1.807) is 13.0 Å². The number of carbonyl (C=O) groups excluding carboxylic acids is 2. The Kier molecular flexibility index (Phi) is 6.44. The van der Waals surface area contributed by atoms with E-state index >= 15 is 0 Å². The summed E-state index contributed by atoms with van der Waals surface area (Å²) in [5.74, 6) is 0.583. The number of benzene rings is 1. The number of furan rings is 1. The number of anilines is 1. The quantitative estimate of drug-likeness (QED) is 0.782. The van der Waals surface area contributed by atoms with E-state index in [4.69, 9.17) is 9.15 Å². The third-order valence-corrected chi connectivity index (χ3v) is 4.22. The van der Waals surface area contributed by atoms with E-state index in [9.17, 15) is 9.59 Å². The van der Waals surface area contributed by atoms with Crippen LogP contribution in [0.1, 0.15) is 48.2 Å². The van der Waals surface area contributed by atoms with Gasteiger partial charge >= 0.3 is 5.97 Å². The molecule has 2 aromatic rings. The number of nitrogens with zero attached hydrogens (tertiary/aromatic N) is 1. The monoisotopic (exact) mass is 372 g/mol. The standard InChI is InChI=1S/C21H28N2O4/c1-14-16(20(25)26-6)11-15(27-14)12-23(5)13-19(24)22-18-10-8-7-9-17(18)21(2,3)4/h7-11H,12-13H2,1-6H3,(H,22,24). The van der Waals surface area contributed by atoms with Crippen LogP contribution in [0.4, 0.5) is 5.69 Å². The summed E-state index contributed by atoms with van der Waals surface area (Å²) in [6.07, 6.45) is 0. The molecule has 0 unspecified atom stereocenters. The van der Waals surface area contributed by atoms with Crippen LogP contribution in [0.2, 0.25) is 0 Å². The summed E-state index contributed by atoms with van der Waals surface area (Å²) in [5, 5.41) is 2.99. The van der Waals surface area contributed by atoms with Gasteiger partial charge in [0.1, 0.15) is 17.1 Å². The van der Waals surface area contributed by atoms with Gasteiger partial charge in [0.15, 0.2) is 0 Å². The second kappa shape index (κ2) is 8.39. The number of hydrogen-bond acceptors (Lipinski definition) is 5. The summed E-state index contributed by atoms with van der Waals surface area (Å²) in [6, 6.07) is 9.48. The SMILES string of the molecule is COC(=O)c1cc(CN(C)CC(=O)Nc2ccccc2C(C)(C)C)oc1C. The van der Waals surface area contributed by atoms with E-state index in [0.29, 0.717) is 23.6 Å². The third-order valence-electron chi connectivity index (χ3n) is 4.22. The van der Waals surface area contributed by atoms with Gasteiger partial charge < -0.3 is 14.5 Å². The Bertz CT molecular complexity index is 818. The zero-order valence-electron chi connectivity index (χ0n) is 16.9. The van der Waals surface area contributed by atoms with Crippen molar-refractivity contribution in [1.29, 1.82) is 0 Å². The normalized spacial score (nSPS) is 11.5. The van der Waals surface area contributed by atoms with Crippen LogP contribution in [0.15, 0.2) is 34.7 Å². The summed E-state index contributed by atoms with van der Waals surface area (Å²) in [4.78, 5) is 26.0. The van der Waals surface area contributed by atoms with Crippen molar-refractivity contribution in [3.8, 4) is 0 Å². The minimum atomic E-state index is -0.429. The first kappa shape index (κ1) is 20.7. The van der Waals surface area contributed by atoms with Crippen molar-refractivity contribution in [3.05, 3.63) is 53.0 Å². The highest BCUT2D eigenvalue weighted by Crippen LogP contribution is 2.29. The fourth-order valence-corrected chi connectivity index (χ4v) is 2.94. The first-order chi connectivity index (χ1) is 12.6. The number of likely N-dealkylation sites (N-methyl/N-ethyl adjacent to an activating group) is 1. The number of amides is 1. The van der Waals surface area contributed by atoms with E-state index in [1.807, 2.05) is 36.2 Å². The number of ether oxygens (including phenoxy) is 1. The maximum absolute atomic E-state index is 12.5. The molecule has 0 saturated carbocycles. The van der Waals surface area contributed by atoms with E-state index in [1.165, 1.54) is 7.11 Å². The molecule has 27 heavy (non-hydrogen) atoms. The first-order valence-electron chi connectivity index (χ1n) is 8.87. The summed E-state index contributed by atoms with van der Waals surface area (Å²) >= 11 is 0. The zero-order chi connectivity index (χ0) is 20.2. The van der Waals surface area contributed by atoms with Crippen molar-refractivity contribution in [1.82, 2.24) is 4.90 Å². The lowest BCUT2D eigenvalue weighted by Crippen LogP contribution is -2.30. The molecule has 0 aliphatic heterocycles. The van der Waals surface area contributed by atoms with Gasteiger partial charge in [-0.2, -0.15) is 0 Å². The van der Waals surface area contributed by atoms with Crippen molar-refractivity contribution in [2.45, 2.75) is 39.7 Å². The van der Waals surface area contributed by atoms with Crippen LogP contribution in [-0.2, 0) is 21.5 Å². The zero-order valence-corrected chi connectivity index (χ0v) is 16.9. The smallest absolute Gasteiger partial charge is 0.341 e.